The molecule has 0 amide bonds. The van der Waals surface area contributed by atoms with Gasteiger partial charge in [-0.25, -0.2) is 4.98 Å². The zero-order valence-corrected chi connectivity index (χ0v) is 10.9. The first kappa shape index (κ1) is 11.9. The Balaban J connectivity index is 1.90. The van der Waals surface area contributed by atoms with Crippen molar-refractivity contribution < 1.29 is 4.74 Å². The molecule has 2 rings (SSSR count). The molecule has 0 aliphatic rings. The molecule has 0 atom stereocenters. The highest BCUT2D eigenvalue weighted by atomic mass is 32.1. The molecule has 0 aliphatic carbocycles. The minimum absolute atomic E-state index is 0.701. The van der Waals surface area contributed by atoms with Gasteiger partial charge in [-0.1, -0.05) is 0 Å². The number of rotatable bonds is 5. The molecule has 90 valence electrons. The molecule has 0 unspecified atom stereocenters. The Bertz CT molecular complexity index is 465. The van der Waals surface area contributed by atoms with Gasteiger partial charge in [-0.3, -0.25) is 0 Å². The Morgan fingerprint density at radius 3 is 2.65 bits per heavy atom. The summed E-state index contributed by atoms with van der Waals surface area (Å²) >= 11 is 1.72. The second kappa shape index (κ2) is 5.68. The van der Waals surface area contributed by atoms with Crippen LogP contribution in [-0.4, -0.2) is 11.6 Å². The van der Waals surface area contributed by atoms with E-state index in [-0.39, 0.29) is 0 Å². The highest BCUT2D eigenvalue weighted by Gasteiger charge is 1.98. The molecule has 1 heterocycles. The number of ether oxygens (including phenoxy) is 1. The summed E-state index contributed by atoms with van der Waals surface area (Å²) in [6.45, 7) is 5.52. The van der Waals surface area contributed by atoms with Crippen LogP contribution in [0.2, 0.25) is 0 Å². The summed E-state index contributed by atoms with van der Waals surface area (Å²) < 4.78 is 5.39. The smallest absolute Gasteiger partial charge is 0.119 e. The third kappa shape index (κ3) is 3.46. The minimum atomic E-state index is 0.701. The van der Waals surface area contributed by atoms with Gasteiger partial charge in [0.25, 0.3) is 0 Å². The molecular formula is C13H16N2OS. The zero-order chi connectivity index (χ0) is 12.1. The number of hydrogen-bond donors (Lipinski definition) is 1. The van der Waals surface area contributed by atoms with Gasteiger partial charge in [-0.2, -0.15) is 0 Å². The molecule has 4 heteroatoms. The van der Waals surface area contributed by atoms with Gasteiger partial charge in [0.1, 0.15) is 5.75 Å². The molecular weight excluding hydrogens is 232 g/mol. The molecule has 1 aromatic carbocycles. The van der Waals surface area contributed by atoms with Crippen molar-refractivity contribution >= 4 is 17.0 Å². The summed E-state index contributed by atoms with van der Waals surface area (Å²) in [5.41, 5.74) is 1.10. The van der Waals surface area contributed by atoms with Gasteiger partial charge in [0.05, 0.1) is 18.2 Å². The number of nitrogens with one attached hydrogen (secondary N) is 1. The van der Waals surface area contributed by atoms with Gasteiger partial charge in [-0.15, -0.1) is 11.3 Å². The van der Waals surface area contributed by atoms with Gasteiger partial charge in [0, 0.05) is 16.8 Å². The second-order valence-electron chi connectivity index (χ2n) is 3.66. The van der Waals surface area contributed by atoms with E-state index >= 15 is 0 Å². The molecule has 0 saturated carbocycles. The number of hydrogen-bond acceptors (Lipinski definition) is 4. The lowest BCUT2D eigenvalue weighted by Crippen LogP contribution is -1.97. The maximum absolute atomic E-state index is 5.39. The van der Waals surface area contributed by atoms with Crippen LogP contribution >= 0.6 is 11.3 Å². The molecule has 17 heavy (non-hydrogen) atoms. The number of nitrogens with zero attached hydrogens (tertiary/aromatic N) is 1. The van der Waals surface area contributed by atoms with Crippen LogP contribution in [0.4, 0.5) is 5.69 Å². The van der Waals surface area contributed by atoms with Crippen LogP contribution in [0.1, 0.15) is 16.8 Å². The summed E-state index contributed by atoms with van der Waals surface area (Å²) in [5.74, 6) is 0.909. The van der Waals surface area contributed by atoms with Crippen molar-refractivity contribution in [3.05, 3.63) is 40.3 Å². The van der Waals surface area contributed by atoms with Gasteiger partial charge in [0.2, 0.25) is 0 Å². The minimum Gasteiger partial charge on any atom is -0.494 e. The fourth-order valence-electron chi connectivity index (χ4n) is 1.51. The molecule has 0 fully saturated rings. The van der Waals surface area contributed by atoms with E-state index in [4.69, 9.17) is 4.74 Å². The molecule has 3 nitrogen and oxygen atoms in total. The average molecular weight is 248 g/mol. The van der Waals surface area contributed by atoms with E-state index in [1.807, 2.05) is 44.3 Å². The number of anilines is 1. The molecule has 1 N–H and O–H groups in total. The van der Waals surface area contributed by atoms with Gasteiger partial charge < -0.3 is 10.1 Å². The lowest BCUT2D eigenvalue weighted by atomic mass is 10.3. The third-order valence-corrected chi connectivity index (χ3v) is 3.21. The quantitative estimate of drug-likeness (QED) is 0.879. The summed E-state index contributed by atoms with van der Waals surface area (Å²) in [4.78, 5) is 5.47. The molecule has 1 aromatic heterocycles. The van der Waals surface area contributed by atoms with Gasteiger partial charge in [-0.05, 0) is 38.1 Å². The first-order chi connectivity index (χ1) is 8.28. The highest BCUT2D eigenvalue weighted by molar-refractivity contribution is 7.11. The summed E-state index contributed by atoms with van der Waals surface area (Å²) in [6, 6.07) is 8.01. The topological polar surface area (TPSA) is 34.1 Å². The number of aryl methyl sites for hydroxylation is 1. The van der Waals surface area contributed by atoms with Crippen molar-refractivity contribution in [3.8, 4) is 5.75 Å². The SMILES string of the molecule is CCOc1ccc(NCc2cnc(C)s2)cc1. The largest absolute Gasteiger partial charge is 0.494 e. The lowest BCUT2D eigenvalue weighted by Gasteiger charge is -2.06. The number of benzene rings is 1. The van der Waals surface area contributed by atoms with E-state index in [1.165, 1.54) is 4.88 Å². The normalized spacial score (nSPS) is 10.2. The van der Waals surface area contributed by atoms with Crippen molar-refractivity contribution in [2.75, 3.05) is 11.9 Å². The van der Waals surface area contributed by atoms with Gasteiger partial charge in [0.15, 0.2) is 0 Å². The molecule has 0 aliphatic heterocycles. The van der Waals surface area contributed by atoms with Crippen LogP contribution in [0.5, 0.6) is 5.75 Å². The molecule has 0 bridgehead atoms. The molecule has 0 saturated heterocycles. The maximum atomic E-state index is 5.39. The van der Waals surface area contributed by atoms with Crippen LogP contribution in [-0.2, 0) is 6.54 Å². The van der Waals surface area contributed by atoms with Crippen LogP contribution in [0, 0.1) is 6.92 Å². The van der Waals surface area contributed by atoms with Crippen LogP contribution in [0.25, 0.3) is 0 Å². The standard InChI is InChI=1S/C13H16N2OS/c1-3-16-12-6-4-11(5-7-12)15-9-13-8-14-10(2)17-13/h4-8,15H,3,9H2,1-2H3. The Morgan fingerprint density at radius 1 is 1.29 bits per heavy atom. The predicted octanol–water partition coefficient (Wildman–Crippen LogP) is 3.46. The monoisotopic (exact) mass is 248 g/mol. The first-order valence-electron chi connectivity index (χ1n) is 5.66. The zero-order valence-electron chi connectivity index (χ0n) is 10.1. The van der Waals surface area contributed by atoms with Gasteiger partial charge >= 0.3 is 0 Å². The Morgan fingerprint density at radius 2 is 2.06 bits per heavy atom. The fourth-order valence-corrected chi connectivity index (χ4v) is 2.25. The van der Waals surface area contributed by atoms with E-state index in [0.29, 0.717) is 6.61 Å². The van der Waals surface area contributed by atoms with Crippen molar-refractivity contribution in [1.29, 1.82) is 0 Å². The van der Waals surface area contributed by atoms with Crippen molar-refractivity contribution in [3.63, 3.8) is 0 Å². The third-order valence-electron chi connectivity index (χ3n) is 2.30. The molecule has 0 spiro atoms. The lowest BCUT2D eigenvalue weighted by molar-refractivity contribution is 0.340. The van der Waals surface area contributed by atoms with Crippen LogP contribution in [0.3, 0.4) is 0 Å². The summed E-state index contributed by atoms with van der Waals surface area (Å²) in [6.07, 6.45) is 1.92. The maximum Gasteiger partial charge on any atom is 0.119 e. The van der Waals surface area contributed by atoms with E-state index in [0.717, 1.165) is 23.0 Å². The molecule has 2 aromatic rings. The van der Waals surface area contributed by atoms with Crippen molar-refractivity contribution in [2.45, 2.75) is 20.4 Å². The number of aromatic nitrogens is 1. The van der Waals surface area contributed by atoms with E-state index in [1.54, 1.807) is 11.3 Å². The van der Waals surface area contributed by atoms with E-state index < -0.39 is 0 Å². The van der Waals surface area contributed by atoms with Crippen molar-refractivity contribution in [2.24, 2.45) is 0 Å². The Kier molecular flexibility index (Phi) is 3.98. The molecule has 0 radical (unpaired) electrons. The van der Waals surface area contributed by atoms with Crippen molar-refractivity contribution in [1.82, 2.24) is 4.98 Å². The van der Waals surface area contributed by atoms with E-state index in [2.05, 4.69) is 10.3 Å². The number of thiazole rings is 1. The fraction of sp³-hybridized carbons (Fsp3) is 0.308. The highest BCUT2D eigenvalue weighted by Crippen LogP contribution is 2.18. The van der Waals surface area contributed by atoms with Crippen LogP contribution < -0.4 is 10.1 Å². The Labute approximate surface area is 105 Å². The second-order valence-corrected chi connectivity index (χ2v) is 4.98. The summed E-state index contributed by atoms with van der Waals surface area (Å²) in [5, 5.41) is 4.46. The van der Waals surface area contributed by atoms with E-state index in [9.17, 15) is 0 Å². The summed E-state index contributed by atoms with van der Waals surface area (Å²) in [7, 11) is 0. The predicted molar refractivity (Wildman–Crippen MR) is 71.8 cm³/mol. The Hall–Kier alpha value is -1.55. The first-order valence-corrected chi connectivity index (χ1v) is 6.47. The average Bonchev–Trinajstić information content (AvgIpc) is 2.75. The van der Waals surface area contributed by atoms with Crippen LogP contribution in [0.15, 0.2) is 30.5 Å².